The van der Waals surface area contributed by atoms with E-state index in [0.29, 0.717) is 5.56 Å². The number of hydrogen-bond donors (Lipinski definition) is 3. The van der Waals surface area contributed by atoms with E-state index in [2.05, 4.69) is 5.43 Å². The van der Waals surface area contributed by atoms with E-state index in [1.807, 2.05) is 0 Å². The average molecular weight is 169 g/mol. The fourth-order valence-corrected chi connectivity index (χ4v) is 0.958. The molecule has 0 saturated carbocycles. The highest BCUT2D eigenvalue weighted by molar-refractivity contribution is 5.25. The van der Waals surface area contributed by atoms with Gasteiger partial charge in [0.15, 0.2) is 0 Å². The molecule has 12 heavy (non-hydrogen) atoms. The first kappa shape index (κ1) is 9.12. The van der Waals surface area contributed by atoms with Crippen LogP contribution in [0, 0.1) is 12.7 Å². The third-order valence-electron chi connectivity index (χ3n) is 1.72. The van der Waals surface area contributed by atoms with Gasteiger partial charge in [-0.25, -0.2) is 9.82 Å². The fourth-order valence-electron chi connectivity index (χ4n) is 0.958. The number of rotatable bonds is 2. The zero-order valence-electron chi connectivity index (χ0n) is 6.84. The monoisotopic (exact) mass is 169 g/mol. The maximum absolute atomic E-state index is 12.8. The minimum atomic E-state index is -0.440. The summed E-state index contributed by atoms with van der Waals surface area (Å²) in [5.74, 6) is 4.89. The zero-order chi connectivity index (χ0) is 9.14. The molecule has 0 radical (unpaired) electrons. The molecule has 66 valence electrons. The summed E-state index contributed by atoms with van der Waals surface area (Å²) in [6, 6.07) is 4.65. The first-order chi connectivity index (χ1) is 5.65. The van der Waals surface area contributed by atoms with Crippen LogP contribution in [-0.2, 0) is 0 Å². The molecule has 0 bridgehead atoms. The topological polar surface area (TPSA) is 64.1 Å². The van der Waals surface area contributed by atoms with Crippen LogP contribution in [-0.4, -0.2) is 0 Å². The van der Waals surface area contributed by atoms with Crippen molar-refractivity contribution in [1.29, 1.82) is 0 Å². The molecular weight excluding hydrogens is 157 g/mol. The van der Waals surface area contributed by atoms with Gasteiger partial charge in [-0.05, 0) is 24.1 Å². The highest BCUT2D eigenvalue weighted by Crippen LogP contribution is 2.12. The zero-order valence-corrected chi connectivity index (χ0v) is 6.84. The van der Waals surface area contributed by atoms with Crippen molar-refractivity contribution in [2.75, 3.05) is 0 Å². The Labute approximate surface area is 70.5 Å². The van der Waals surface area contributed by atoms with Crippen molar-refractivity contribution in [3.63, 3.8) is 0 Å². The predicted molar refractivity (Wildman–Crippen MR) is 45.4 cm³/mol. The SMILES string of the molecule is Cc1cc(C(N)NN)ccc1F. The molecule has 0 amide bonds. The van der Waals surface area contributed by atoms with Crippen LogP contribution in [0.15, 0.2) is 18.2 Å². The molecule has 1 rings (SSSR count). The third-order valence-corrected chi connectivity index (χ3v) is 1.72. The van der Waals surface area contributed by atoms with Crippen molar-refractivity contribution in [2.45, 2.75) is 13.1 Å². The molecule has 1 aromatic carbocycles. The molecule has 3 nitrogen and oxygen atoms in total. The molecule has 0 fully saturated rings. The number of nitrogens with two attached hydrogens (primary N) is 2. The van der Waals surface area contributed by atoms with Crippen molar-refractivity contribution in [2.24, 2.45) is 11.6 Å². The van der Waals surface area contributed by atoms with Crippen LogP contribution >= 0.6 is 0 Å². The quantitative estimate of drug-likeness (QED) is 0.344. The van der Waals surface area contributed by atoms with E-state index in [1.54, 1.807) is 19.1 Å². The number of halogens is 1. The Kier molecular flexibility index (Phi) is 2.75. The molecule has 1 atom stereocenters. The van der Waals surface area contributed by atoms with Crippen LogP contribution in [0.25, 0.3) is 0 Å². The van der Waals surface area contributed by atoms with E-state index in [0.717, 1.165) is 5.56 Å². The lowest BCUT2D eigenvalue weighted by atomic mass is 10.1. The van der Waals surface area contributed by atoms with Crippen molar-refractivity contribution in [3.05, 3.63) is 35.1 Å². The average Bonchev–Trinajstić information content (AvgIpc) is 2.08. The standard InChI is InChI=1S/C8H12FN3/c1-5-4-6(8(10)12-11)2-3-7(5)9/h2-4,8,12H,10-11H2,1H3. The number of hydrazine groups is 1. The van der Waals surface area contributed by atoms with Crippen LogP contribution in [0.5, 0.6) is 0 Å². The molecule has 0 spiro atoms. The number of aryl methyl sites for hydroxylation is 1. The van der Waals surface area contributed by atoms with Crippen LogP contribution in [0.3, 0.4) is 0 Å². The molecule has 0 aliphatic rings. The molecule has 0 aliphatic heterocycles. The maximum Gasteiger partial charge on any atom is 0.126 e. The van der Waals surface area contributed by atoms with Gasteiger partial charge < -0.3 is 5.73 Å². The van der Waals surface area contributed by atoms with E-state index in [-0.39, 0.29) is 5.82 Å². The number of benzene rings is 1. The van der Waals surface area contributed by atoms with Gasteiger partial charge in [-0.15, -0.1) is 0 Å². The second-order valence-corrected chi connectivity index (χ2v) is 2.65. The summed E-state index contributed by atoms with van der Waals surface area (Å²) in [6.45, 7) is 1.68. The molecule has 1 unspecified atom stereocenters. The lowest BCUT2D eigenvalue weighted by molar-refractivity contribution is 0.570. The Morgan fingerprint density at radius 2 is 2.17 bits per heavy atom. The van der Waals surface area contributed by atoms with Crippen LogP contribution < -0.4 is 17.0 Å². The van der Waals surface area contributed by atoms with Crippen molar-refractivity contribution < 1.29 is 4.39 Å². The second-order valence-electron chi connectivity index (χ2n) is 2.65. The first-order valence-electron chi connectivity index (χ1n) is 3.63. The summed E-state index contributed by atoms with van der Waals surface area (Å²) < 4.78 is 12.8. The summed E-state index contributed by atoms with van der Waals surface area (Å²) in [5, 5.41) is 0. The Morgan fingerprint density at radius 1 is 1.50 bits per heavy atom. The van der Waals surface area contributed by atoms with Gasteiger partial charge >= 0.3 is 0 Å². The van der Waals surface area contributed by atoms with Crippen LogP contribution in [0.2, 0.25) is 0 Å². The minimum absolute atomic E-state index is 0.233. The highest BCUT2D eigenvalue weighted by Gasteiger charge is 2.04. The van der Waals surface area contributed by atoms with Gasteiger partial charge in [0.1, 0.15) is 5.82 Å². The van der Waals surface area contributed by atoms with E-state index in [4.69, 9.17) is 11.6 Å². The minimum Gasteiger partial charge on any atom is -0.311 e. The molecular formula is C8H12FN3. The van der Waals surface area contributed by atoms with E-state index < -0.39 is 6.17 Å². The Bertz CT molecular complexity index is 275. The third kappa shape index (κ3) is 1.79. The summed E-state index contributed by atoms with van der Waals surface area (Å²) in [6.07, 6.45) is -0.440. The summed E-state index contributed by atoms with van der Waals surface area (Å²) in [5.41, 5.74) is 9.28. The smallest absolute Gasteiger partial charge is 0.126 e. The largest absolute Gasteiger partial charge is 0.311 e. The van der Waals surface area contributed by atoms with Crippen molar-refractivity contribution in [1.82, 2.24) is 5.43 Å². The van der Waals surface area contributed by atoms with E-state index in [9.17, 15) is 4.39 Å². The normalized spacial score (nSPS) is 13.0. The number of nitrogens with one attached hydrogen (secondary N) is 1. The van der Waals surface area contributed by atoms with Crippen molar-refractivity contribution in [3.8, 4) is 0 Å². The van der Waals surface area contributed by atoms with Gasteiger partial charge in [0.25, 0.3) is 0 Å². The Morgan fingerprint density at radius 3 is 2.67 bits per heavy atom. The van der Waals surface area contributed by atoms with E-state index in [1.165, 1.54) is 6.07 Å². The van der Waals surface area contributed by atoms with Gasteiger partial charge in [-0.1, -0.05) is 12.1 Å². The van der Waals surface area contributed by atoms with Crippen LogP contribution in [0.1, 0.15) is 17.3 Å². The summed E-state index contributed by atoms with van der Waals surface area (Å²) in [7, 11) is 0. The lowest BCUT2D eigenvalue weighted by Crippen LogP contribution is -2.34. The fraction of sp³-hybridized carbons (Fsp3) is 0.250. The molecule has 5 N–H and O–H groups in total. The molecule has 4 heteroatoms. The highest BCUT2D eigenvalue weighted by atomic mass is 19.1. The Hall–Kier alpha value is -0.970. The van der Waals surface area contributed by atoms with Gasteiger partial charge in [-0.2, -0.15) is 0 Å². The molecule has 0 aliphatic carbocycles. The van der Waals surface area contributed by atoms with Gasteiger partial charge in [-0.3, -0.25) is 5.84 Å². The summed E-state index contributed by atoms with van der Waals surface area (Å²) >= 11 is 0. The van der Waals surface area contributed by atoms with Gasteiger partial charge in [0, 0.05) is 0 Å². The van der Waals surface area contributed by atoms with Crippen LogP contribution in [0.4, 0.5) is 4.39 Å². The molecule has 0 saturated heterocycles. The Balaban J connectivity index is 2.96. The van der Waals surface area contributed by atoms with Gasteiger partial charge in [0.05, 0.1) is 6.17 Å². The van der Waals surface area contributed by atoms with Gasteiger partial charge in [0.2, 0.25) is 0 Å². The summed E-state index contributed by atoms with van der Waals surface area (Å²) in [4.78, 5) is 0. The number of hydrogen-bond acceptors (Lipinski definition) is 3. The maximum atomic E-state index is 12.8. The first-order valence-corrected chi connectivity index (χ1v) is 3.63. The molecule has 1 aromatic rings. The van der Waals surface area contributed by atoms with E-state index >= 15 is 0 Å². The molecule has 0 heterocycles. The molecule has 0 aromatic heterocycles. The lowest BCUT2D eigenvalue weighted by Gasteiger charge is -2.10. The van der Waals surface area contributed by atoms with Crippen molar-refractivity contribution >= 4 is 0 Å². The second kappa shape index (κ2) is 3.62. The predicted octanol–water partition coefficient (Wildman–Crippen LogP) is 0.555.